The average molecular weight is 345 g/mol. The van der Waals surface area contributed by atoms with Gasteiger partial charge < -0.3 is 20.5 Å². The SMILES string of the molecule is COCCNC(=O)C(C)NCC(O)c1cccc(Br)c1. The van der Waals surface area contributed by atoms with Crippen LogP contribution in [0.2, 0.25) is 0 Å². The number of hydrogen-bond acceptors (Lipinski definition) is 4. The number of ether oxygens (including phenoxy) is 1. The lowest BCUT2D eigenvalue weighted by Gasteiger charge is -2.17. The van der Waals surface area contributed by atoms with Crippen LogP contribution < -0.4 is 10.6 Å². The molecule has 0 bridgehead atoms. The molecule has 5 nitrogen and oxygen atoms in total. The third-order valence-corrected chi connectivity index (χ3v) is 3.34. The number of carbonyl (C=O) groups excluding carboxylic acids is 1. The molecular formula is C14H21BrN2O3. The number of benzene rings is 1. The molecular weight excluding hydrogens is 324 g/mol. The van der Waals surface area contributed by atoms with Crippen molar-refractivity contribution in [3.05, 3.63) is 34.3 Å². The van der Waals surface area contributed by atoms with Gasteiger partial charge in [-0.3, -0.25) is 4.79 Å². The van der Waals surface area contributed by atoms with Crippen molar-refractivity contribution in [1.29, 1.82) is 0 Å². The number of amides is 1. The van der Waals surface area contributed by atoms with Crippen molar-refractivity contribution in [3.8, 4) is 0 Å². The van der Waals surface area contributed by atoms with Gasteiger partial charge >= 0.3 is 0 Å². The highest BCUT2D eigenvalue weighted by Crippen LogP contribution is 2.17. The molecule has 0 fully saturated rings. The Morgan fingerprint density at radius 2 is 2.25 bits per heavy atom. The third-order valence-electron chi connectivity index (χ3n) is 2.85. The van der Waals surface area contributed by atoms with E-state index >= 15 is 0 Å². The Morgan fingerprint density at radius 3 is 2.90 bits per heavy atom. The highest BCUT2D eigenvalue weighted by Gasteiger charge is 2.14. The summed E-state index contributed by atoms with van der Waals surface area (Å²) in [6, 6.07) is 7.10. The molecule has 0 saturated carbocycles. The van der Waals surface area contributed by atoms with Gasteiger partial charge in [0.2, 0.25) is 5.91 Å². The van der Waals surface area contributed by atoms with E-state index in [2.05, 4.69) is 26.6 Å². The molecule has 1 amide bonds. The maximum atomic E-state index is 11.7. The second-order valence-electron chi connectivity index (χ2n) is 4.48. The van der Waals surface area contributed by atoms with Crippen LogP contribution in [0, 0.1) is 0 Å². The molecule has 1 aromatic carbocycles. The summed E-state index contributed by atoms with van der Waals surface area (Å²) < 4.78 is 5.78. The number of aliphatic hydroxyl groups is 1. The lowest BCUT2D eigenvalue weighted by Crippen LogP contribution is -2.44. The number of methoxy groups -OCH3 is 1. The van der Waals surface area contributed by atoms with Crippen LogP contribution in [-0.2, 0) is 9.53 Å². The minimum atomic E-state index is -0.651. The molecule has 0 spiro atoms. The largest absolute Gasteiger partial charge is 0.387 e. The zero-order valence-corrected chi connectivity index (χ0v) is 13.3. The van der Waals surface area contributed by atoms with Gasteiger partial charge in [-0.15, -0.1) is 0 Å². The molecule has 2 atom stereocenters. The first kappa shape index (κ1) is 17.1. The second kappa shape index (κ2) is 9.07. The third kappa shape index (κ3) is 6.00. The monoisotopic (exact) mass is 344 g/mol. The molecule has 112 valence electrons. The number of aliphatic hydroxyl groups excluding tert-OH is 1. The molecule has 6 heteroatoms. The topological polar surface area (TPSA) is 70.6 Å². The second-order valence-corrected chi connectivity index (χ2v) is 5.40. The summed E-state index contributed by atoms with van der Waals surface area (Å²) in [5.41, 5.74) is 0.805. The Kier molecular flexibility index (Phi) is 7.76. The number of halogens is 1. The molecule has 0 saturated heterocycles. The maximum Gasteiger partial charge on any atom is 0.236 e. The number of hydrogen-bond donors (Lipinski definition) is 3. The molecule has 0 radical (unpaired) electrons. The Labute approximate surface area is 127 Å². The van der Waals surface area contributed by atoms with Gasteiger partial charge in [0.1, 0.15) is 0 Å². The number of nitrogens with one attached hydrogen (secondary N) is 2. The highest BCUT2D eigenvalue weighted by molar-refractivity contribution is 9.10. The van der Waals surface area contributed by atoms with Crippen molar-refractivity contribution >= 4 is 21.8 Å². The Balaban J connectivity index is 2.36. The van der Waals surface area contributed by atoms with Crippen molar-refractivity contribution in [2.24, 2.45) is 0 Å². The first-order valence-corrected chi connectivity index (χ1v) is 7.27. The average Bonchev–Trinajstić information content (AvgIpc) is 2.44. The van der Waals surface area contributed by atoms with E-state index in [-0.39, 0.29) is 11.9 Å². The fraction of sp³-hybridized carbons (Fsp3) is 0.500. The quantitative estimate of drug-likeness (QED) is 0.620. The van der Waals surface area contributed by atoms with Gasteiger partial charge in [0.05, 0.1) is 18.8 Å². The fourth-order valence-corrected chi connectivity index (χ4v) is 2.06. The Bertz CT molecular complexity index is 429. The Morgan fingerprint density at radius 1 is 1.50 bits per heavy atom. The zero-order chi connectivity index (χ0) is 15.0. The minimum absolute atomic E-state index is 0.108. The molecule has 20 heavy (non-hydrogen) atoms. The lowest BCUT2D eigenvalue weighted by molar-refractivity contribution is -0.123. The van der Waals surface area contributed by atoms with Crippen LogP contribution in [0.25, 0.3) is 0 Å². The van der Waals surface area contributed by atoms with E-state index in [4.69, 9.17) is 4.74 Å². The van der Waals surface area contributed by atoms with Crippen molar-refractivity contribution in [2.75, 3.05) is 26.8 Å². The van der Waals surface area contributed by atoms with E-state index < -0.39 is 6.10 Å². The molecule has 0 aliphatic heterocycles. The smallest absolute Gasteiger partial charge is 0.236 e. The molecule has 0 aromatic heterocycles. The summed E-state index contributed by atoms with van der Waals surface area (Å²) in [5, 5.41) is 15.8. The first-order chi connectivity index (χ1) is 9.54. The zero-order valence-electron chi connectivity index (χ0n) is 11.7. The van der Waals surface area contributed by atoms with Gasteiger partial charge in [0.25, 0.3) is 0 Å². The molecule has 3 N–H and O–H groups in total. The van der Waals surface area contributed by atoms with E-state index in [0.717, 1.165) is 10.0 Å². The van der Waals surface area contributed by atoms with E-state index in [1.165, 1.54) is 0 Å². The van der Waals surface area contributed by atoms with Crippen LogP contribution in [0.4, 0.5) is 0 Å². The van der Waals surface area contributed by atoms with Crippen molar-refractivity contribution < 1.29 is 14.6 Å². The van der Waals surface area contributed by atoms with Crippen LogP contribution in [0.1, 0.15) is 18.6 Å². The predicted molar refractivity (Wildman–Crippen MR) is 81.5 cm³/mol. The maximum absolute atomic E-state index is 11.7. The standard InChI is InChI=1S/C14H21BrN2O3/c1-10(14(19)16-6-7-20-2)17-9-13(18)11-4-3-5-12(15)8-11/h3-5,8,10,13,17-18H,6-7,9H2,1-2H3,(H,16,19). The highest BCUT2D eigenvalue weighted by atomic mass is 79.9. The van der Waals surface area contributed by atoms with Gasteiger partial charge in [-0.25, -0.2) is 0 Å². The van der Waals surface area contributed by atoms with Crippen LogP contribution in [-0.4, -0.2) is 43.9 Å². The van der Waals surface area contributed by atoms with Crippen molar-refractivity contribution in [2.45, 2.75) is 19.1 Å². The molecule has 0 aliphatic carbocycles. The molecule has 0 aliphatic rings. The molecule has 2 unspecified atom stereocenters. The fourth-order valence-electron chi connectivity index (χ4n) is 1.64. The normalized spacial score (nSPS) is 13.8. The van der Waals surface area contributed by atoms with E-state index in [0.29, 0.717) is 19.7 Å². The summed E-state index contributed by atoms with van der Waals surface area (Å²) in [4.78, 5) is 11.7. The summed E-state index contributed by atoms with van der Waals surface area (Å²) in [6.45, 7) is 3.04. The van der Waals surface area contributed by atoms with E-state index in [1.807, 2.05) is 24.3 Å². The predicted octanol–water partition coefficient (Wildman–Crippen LogP) is 1.22. The minimum Gasteiger partial charge on any atom is -0.387 e. The van der Waals surface area contributed by atoms with Crippen LogP contribution >= 0.6 is 15.9 Å². The summed E-state index contributed by atoms with van der Waals surface area (Å²) >= 11 is 3.36. The van der Waals surface area contributed by atoms with E-state index in [9.17, 15) is 9.90 Å². The van der Waals surface area contributed by atoms with Gasteiger partial charge in [-0.05, 0) is 24.6 Å². The first-order valence-electron chi connectivity index (χ1n) is 6.48. The van der Waals surface area contributed by atoms with Crippen LogP contribution in [0.15, 0.2) is 28.7 Å². The number of carbonyl (C=O) groups is 1. The molecule has 1 aromatic rings. The summed E-state index contributed by atoms with van der Waals surface area (Å²) in [5.74, 6) is -0.108. The summed E-state index contributed by atoms with van der Waals surface area (Å²) in [6.07, 6.45) is -0.651. The van der Waals surface area contributed by atoms with Crippen LogP contribution in [0.3, 0.4) is 0 Å². The van der Waals surface area contributed by atoms with Gasteiger partial charge in [-0.2, -0.15) is 0 Å². The summed E-state index contributed by atoms with van der Waals surface area (Å²) in [7, 11) is 1.59. The van der Waals surface area contributed by atoms with E-state index in [1.54, 1.807) is 14.0 Å². The van der Waals surface area contributed by atoms with Gasteiger partial charge in [0, 0.05) is 24.7 Å². The lowest BCUT2D eigenvalue weighted by atomic mass is 10.1. The molecule has 0 heterocycles. The Hall–Kier alpha value is -0.950. The van der Waals surface area contributed by atoms with Crippen molar-refractivity contribution in [1.82, 2.24) is 10.6 Å². The molecule has 1 rings (SSSR count). The van der Waals surface area contributed by atoms with Crippen LogP contribution in [0.5, 0.6) is 0 Å². The number of rotatable bonds is 8. The van der Waals surface area contributed by atoms with Gasteiger partial charge in [-0.1, -0.05) is 28.1 Å². The van der Waals surface area contributed by atoms with Gasteiger partial charge in [0.15, 0.2) is 0 Å². The van der Waals surface area contributed by atoms with Crippen molar-refractivity contribution in [3.63, 3.8) is 0 Å².